The van der Waals surface area contributed by atoms with E-state index in [1.807, 2.05) is 11.4 Å². The maximum Gasteiger partial charge on any atom is 0.146 e. The molecule has 2 aromatic rings. The van der Waals surface area contributed by atoms with E-state index in [4.69, 9.17) is 5.73 Å². The standard InChI is InChI=1S/C11H10BrFN2S/c12-7-3-8(16-6-7)4-11(14)9-1-2-15-5-10(9)13/h1-3,5-6,11H,4,14H2. The van der Waals surface area contributed by atoms with E-state index in [1.165, 1.54) is 6.20 Å². The van der Waals surface area contributed by atoms with Crippen LogP contribution >= 0.6 is 27.3 Å². The number of hydrogen-bond donors (Lipinski definition) is 1. The summed E-state index contributed by atoms with van der Waals surface area (Å²) in [5.74, 6) is -0.342. The molecular formula is C11H10BrFN2S. The third-order valence-electron chi connectivity index (χ3n) is 2.25. The highest BCUT2D eigenvalue weighted by atomic mass is 79.9. The molecule has 0 radical (unpaired) electrons. The highest BCUT2D eigenvalue weighted by molar-refractivity contribution is 9.10. The summed E-state index contributed by atoms with van der Waals surface area (Å²) in [6.07, 6.45) is 3.39. The minimum absolute atomic E-state index is 0.325. The van der Waals surface area contributed by atoms with E-state index >= 15 is 0 Å². The Morgan fingerprint density at radius 1 is 1.56 bits per heavy atom. The Kier molecular flexibility index (Phi) is 3.68. The smallest absolute Gasteiger partial charge is 0.146 e. The minimum Gasteiger partial charge on any atom is -0.324 e. The summed E-state index contributed by atoms with van der Waals surface area (Å²) in [5, 5.41) is 1.99. The molecule has 84 valence electrons. The van der Waals surface area contributed by atoms with Gasteiger partial charge in [0.15, 0.2) is 0 Å². The molecule has 0 fully saturated rings. The monoisotopic (exact) mass is 300 g/mol. The van der Waals surface area contributed by atoms with Crippen LogP contribution in [0.2, 0.25) is 0 Å². The van der Waals surface area contributed by atoms with Gasteiger partial charge in [-0.3, -0.25) is 4.98 Å². The first kappa shape index (κ1) is 11.7. The van der Waals surface area contributed by atoms with Crippen molar-refractivity contribution in [2.45, 2.75) is 12.5 Å². The van der Waals surface area contributed by atoms with Crippen LogP contribution in [-0.4, -0.2) is 4.98 Å². The van der Waals surface area contributed by atoms with Gasteiger partial charge >= 0.3 is 0 Å². The van der Waals surface area contributed by atoms with Crippen LogP contribution in [0, 0.1) is 5.82 Å². The number of pyridine rings is 1. The lowest BCUT2D eigenvalue weighted by atomic mass is 10.1. The molecule has 2 rings (SSSR count). The van der Waals surface area contributed by atoms with Gasteiger partial charge in [0.1, 0.15) is 5.82 Å². The van der Waals surface area contributed by atoms with Crippen LogP contribution in [0.4, 0.5) is 4.39 Å². The van der Waals surface area contributed by atoms with Crippen LogP contribution in [0.1, 0.15) is 16.5 Å². The Morgan fingerprint density at radius 3 is 3.00 bits per heavy atom. The second kappa shape index (κ2) is 5.03. The molecule has 1 unspecified atom stereocenters. The molecule has 0 saturated heterocycles. The molecule has 0 spiro atoms. The van der Waals surface area contributed by atoms with E-state index < -0.39 is 0 Å². The zero-order chi connectivity index (χ0) is 11.5. The first-order valence-electron chi connectivity index (χ1n) is 4.74. The second-order valence-electron chi connectivity index (χ2n) is 3.44. The number of aromatic nitrogens is 1. The predicted molar refractivity (Wildman–Crippen MR) is 66.8 cm³/mol. The van der Waals surface area contributed by atoms with Crippen molar-refractivity contribution in [2.75, 3.05) is 0 Å². The Morgan fingerprint density at radius 2 is 2.38 bits per heavy atom. The molecule has 0 aliphatic heterocycles. The number of nitrogens with zero attached hydrogens (tertiary/aromatic N) is 1. The zero-order valence-corrected chi connectivity index (χ0v) is 10.8. The van der Waals surface area contributed by atoms with Gasteiger partial charge in [-0.2, -0.15) is 0 Å². The molecule has 2 aromatic heterocycles. The lowest BCUT2D eigenvalue weighted by Gasteiger charge is -2.11. The van der Waals surface area contributed by atoms with Gasteiger partial charge in [0.25, 0.3) is 0 Å². The van der Waals surface area contributed by atoms with Gasteiger partial charge in [0.05, 0.1) is 6.20 Å². The fourth-order valence-electron chi connectivity index (χ4n) is 1.47. The lowest BCUT2D eigenvalue weighted by molar-refractivity contribution is 0.576. The van der Waals surface area contributed by atoms with E-state index in [-0.39, 0.29) is 11.9 Å². The molecule has 16 heavy (non-hydrogen) atoms. The van der Waals surface area contributed by atoms with Crippen molar-refractivity contribution in [2.24, 2.45) is 5.73 Å². The van der Waals surface area contributed by atoms with Crippen molar-refractivity contribution in [3.63, 3.8) is 0 Å². The van der Waals surface area contributed by atoms with Gasteiger partial charge in [0, 0.05) is 39.0 Å². The van der Waals surface area contributed by atoms with E-state index in [1.54, 1.807) is 23.6 Å². The summed E-state index contributed by atoms with van der Waals surface area (Å²) in [6.45, 7) is 0. The van der Waals surface area contributed by atoms with E-state index in [2.05, 4.69) is 20.9 Å². The van der Waals surface area contributed by atoms with Crippen molar-refractivity contribution in [1.82, 2.24) is 4.98 Å². The highest BCUT2D eigenvalue weighted by Gasteiger charge is 2.12. The minimum atomic E-state index is -0.342. The van der Waals surface area contributed by atoms with Gasteiger partial charge in [-0.25, -0.2) is 4.39 Å². The van der Waals surface area contributed by atoms with Gasteiger partial charge in [-0.15, -0.1) is 11.3 Å². The molecule has 0 saturated carbocycles. The molecule has 2 nitrogen and oxygen atoms in total. The number of rotatable bonds is 3. The first-order valence-corrected chi connectivity index (χ1v) is 6.42. The zero-order valence-electron chi connectivity index (χ0n) is 8.36. The van der Waals surface area contributed by atoms with Crippen molar-refractivity contribution in [1.29, 1.82) is 0 Å². The third kappa shape index (κ3) is 2.66. The molecule has 0 amide bonds. The van der Waals surface area contributed by atoms with Gasteiger partial charge in [0.2, 0.25) is 0 Å². The SMILES string of the molecule is NC(Cc1cc(Br)cs1)c1ccncc1F. The van der Waals surface area contributed by atoms with Crippen LogP contribution in [0.25, 0.3) is 0 Å². The maximum absolute atomic E-state index is 13.4. The van der Waals surface area contributed by atoms with Crippen molar-refractivity contribution in [3.05, 3.63) is 50.6 Å². The maximum atomic E-state index is 13.4. The van der Waals surface area contributed by atoms with Gasteiger partial charge < -0.3 is 5.73 Å². The molecule has 0 aliphatic rings. The van der Waals surface area contributed by atoms with Crippen molar-refractivity contribution in [3.8, 4) is 0 Å². The third-order valence-corrected chi connectivity index (χ3v) is 3.97. The van der Waals surface area contributed by atoms with Crippen LogP contribution in [0.15, 0.2) is 34.4 Å². The topological polar surface area (TPSA) is 38.9 Å². The van der Waals surface area contributed by atoms with Crippen LogP contribution in [-0.2, 0) is 6.42 Å². The van der Waals surface area contributed by atoms with Crippen molar-refractivity contribution >= 4 is 27.3 Å². The average Bonchev–Trinajstić information content (AvgIpc) is 2.64. The largest absolute Gasteiger partial charge is 0.324 e. The predicted octanol–water partition coefficient (Wildman–Crippen LogP) is 3.29. The number of nitrogens with two attached hydrogens (primary N) is 1. The summed E-state index contributed by atoms with van der Waals surface area (Å²) in [5.41, 5.74) is 6.47. The summed E-state index contributed by atoms with van der Waals surface area (Å²) in [6, 6.07) is 3.31. The first-order chi connectivity index (χ1) is 7.66. The second-order valence-corrected chi connectivity index (χ2v) is 5.35. The molecule has 0 aliphatic carbocycles. The number of halogens is 2. The summed E-state index contributed by atoms with van der Waals surface area (Å²) >= 11 is 4.99. The highest BCUT2D eigenvalue weighted by Crippen LogP contribution is 2.25. The Balaban J connectivity index is 2.14. The summed E-state index contributed by atoms with van der Waals surface area (Å²) < 4.78 is 14.4. The normalized spacial score (nSPS) is 12.7. The Bertz CT molecular complexity index is 486. The van der Waals surface area contributed by atoms with Crippen LogP contribution in [0.5, 0.6) is 0 Å². The average molecular weight is 301 g/mol. The lowest BCUT2D eigenvalue weighted by Crippen LogP contribution is -2.14. The Hall–Kier alpha value is -0.780. The van der Waals surface area contributed by atoms with Crippen molar-refractivity contribution < 1.29 is 4.39 Å². The number of hydrogen-bond acceptors (Lipinski definition) is 3. The fourth-order valence-corrected chi connectivity index (χ4v) is 2.99. The van der Waals surface area contributed by atoms with Crippen LogP contribution in [0.3, 0.4) is 0 Å². The molecular weight excluding hydrogens is 291 g/mol. The summed E-state index contributed by atoms with van der Waals surface area (Å²) in [7, 11) is 0. The molecule has 0 bridgehead atoms. The fraction of sp³-hybridized carbons (Fsp3) is 0.182. The molecule has 5 heteroatoms. The van der Waals surface area contributed by atoms with E-state index in [9.17, 15) is 4.39 Å². The van der Waals surface area contributed by atoms with Crippen LogP contribution < -0.4 is 5.73 Å². The molecule has 1 atom stereocenters. The van der Waals surface area contributed by atoms with E-state index in [0.29, 0.717) is 12.0 Å². The van der Waals surface area contributed by atoms with Gasteiger partial charge in [-0.05, 0) is 28.1 Å². The van der Waals surface area contributed by atoms with Gasteiger partial charge in [-0.1, -0.05) is 0 Å². The molecule has 0 aromatic carbocycles. The Labute approximate surface area is 105 Å². The quantitative estimate of drug-likeness (QED) is 0.945. The molecule has 2 N–H and O–H groups in total. The molecule has 2 heterocycles. The summed E-state index contributed by atoms with van der Waals surface area (Å²) in [4.78, 5) is 4.84. The van der Waals surface area contributed by atoms with E-state index in [0.717, 1.165) is 9.35 Å². The number of thiophene rings is 1.